The molecule has 0 saturated carbocycles. The highest BCUT2D eigenvalue weighted by molar-refractivity contribution is 5.62. The molecule has 1 aromatic heterocycles. The number of rotatable bonds is 6. The van der Waals surface area contributed by atoms with Gasteiger partial charge in [0.15, 0.2) is 0 Å². The normalized spacial score (nSPS) is 18.3. The number of aliphatic hydroxyl groups is 1. The van der Waals surface area contributed by atoms with Gasteiger partial charge in [0.2, 0.25) is 5.82 Å². The van der Waals surface area contributed by atoms with Gasteiger partial charge in [-0.1, -0.05) is 0 Å². The quantitative estimate of drug-likeness (QED) is 0.608. The Balaban J connectivity index is 2.24. The first kappa shape index (κ1) is 14.5. The van der Waals surface area contributed by atoms with Gasteiger partial charge in [-0.05, 0) is 31.7 Å². The van der Waals surface area contributed by atoms with Gasteiger partial charge in [0.05, 0.1) is 4.92 Å². The van der Waals surface area contributed by atoms with Crippen LogP contribution < -0.4 is 10.2 Å². The van der Waals surface area contributed by atoms with E-state index in [1.807, 2.05) is 11.8 Å². The average molecular weight is 280 g/mol. The molecular formula is C13H20N4O3. The number of hydrogen-bond donors (Lipinski definition) is 2. The molecule has 110 valence electrons. The molecular weight excluding hydrogens is 260 g/mol. The van der Waals surface area contributed by atoms with Gasteiger partial charge in [-0.3, -0.25) is 10.1 Å². The molecule has 0 radical (unpaired) electrons. The Bertz CT molecular complexity index is 481. The van der Waals surface area contributed by atoms with E-state index >= 15 is 0 Å². The predicted molar refractivity (Wildman–Crippen MR) is 77.1 cm³/mol. The molecule has 1 saturated heterocycles. The Hall–Kier alpha value is -1.89. The summed E-state index contributed by atoms with van der Waals surface area (Å²) < 4.78 is 0. The minimum Gasteiger partial charge on any atom is -0.396 e. The van der Waals surface area contributed by atoms with Crippen LogP contribution >= 0.6 is 0 Å². The molecule has 1 atom stereocenters. The van der Waals surface area contributed by atoms with Gasteiger partial charge in [-0.15, -0.1) is 0 Å². The van der Waals surface area contributed by atoms with E-state index in [1.54, 1.807) is 6.07 Å². The van der Waals surface area contributed by atoms with Crippen molar-refractivity contribution in [3.8, 4) is 0 Å². The van der Waals surface area contributed by atoms with Crippen molar-refractivity contribution in [2.45, 2.75) is 19.8 Å². The summed E-state index contributed by atoms with van der Waals surface area (Å²) in [5.74, 6) is 1.46. The van der Waals surface area contributed by atoms with E-state index in [0.29, 0.717) is 24.1 Å². The fourth-order valence-electron chi connectivity index (χ4n) is 2.54. The lowest BCUT2D eigenvalue weighted by Crippen LogP contribution is -2.22. The van der Waals surface area contributed by atoms with Crippen molar-refractivity contribution in [2.24, 2.45) is 5.92 Å². The van der Waals surface area contributed by atoms with Gasteiger partial charge in [0.25, 0.3) is 0 Å². The molecule has 20 heavy (non-hydrogen) atoms. The minimum absolute atomic E-state index is 0.0382. The van der Waals surface area contributed by atoms with Crippen molar-refractivity contribution < 1.29 is 10.0 Å². The maximum absolute atomic E-state index is 11.1. The van der Waals surface area contributed by atoms with Crippen molar-refractivity contribution >= 4 is 17.3 Å². The predicted octanol–water partition coefficient (Wildman–Crippen LogP) is 1.63. The number of pyridine rings is 1. The van der Waals surface area contributed by atoms with Crippen LogP contribution in [0.2, 0.25) is 0 Å². The standard InChI is InChI=1S/C13H20N4O3/c1-2-14-12-4-3-11(17(19)20)13(15-12)16-7-5-10(9-16)6-8-18/h3-4,10,18H,2,5-9H2,1H3,(H,14,15). The fraction of sp³-hybridized carbons (Fsp3) is 0.615. The number of anilines is 2. The fourth-order valence-corrected chi connectivity index (χ4v) is 2.54. The van der Waals surface area contributed by atoms with Crippen LogP contribution in [-0.2, 0) is 0 Å². The second-order valence-electron chi connectivity index (χ2n) is 4.94. The molecule has 0 spiro atoms. The van der Waals surface area contributed by atoms with Crippen LogP contribution in [0.1, 0.15) is 19.8 Å². The van der Waals surface area contributed by atoms with Crippen LogP contribution in [0, 0.1) is 16.0 Å². The van der Waals surface area contributed by atoms with Crippen molar-refractivity contribution in [3.63, 3.8) is 0 Å². The highest BCUT2D eigenvalue weighted by atomic mass is 16.6. The summed E-state index contributed by atoms with van der Waals surface area (Å²) in [7, 11) is 0. The van der Waals surface area contributed by atoms with Gasteiger partial charge in [0.1, 0.15) is 5.82 Å². The van der Waals surface area contributed by atoms with Crippen LogP contribution in [0.5, 0.6) is 0 Å². The first-order valence-corrected chi connectivity index (χ1v) is 6.90. The maximum atomic E-state index is 11.1. The molecule has 1 aliphatic heterocycles. The Morgan fingerprint density at radius 1 is 1.60 bits per heavy atom. The van der Waals surface area contributed by atoms with Crippen LogP contribution in [0.3, 0.4) is 0 Å². The summed E-state index contributed by atoms with van der Waals surface area (Å²) in [6.45, 7) is 4.29. The second-order valence-corrected chi connectivity index (χ2v) is 4.94. The lowest BCUT2D eigenvalue weighted by molar-refractivity contribution is -0.384. The van der Waals surface area contributed by atoms with Crippen LogP contribution in [0.4, 0.5) is 17.3 Å². The van der Waals surface area contributed by atoms with E-state index in [4.69, 9.17) is 5.11 Å². The second kappa shape index (κ2) is 6.51. The van der Waals surface area contributed by atoms with Gasteiger partial charge < -0.3 is 15.3 Å². The molecule has 1 fully saturated rings. The number of nitro groups is 1. The van der Waals surface area contributed by atoms with Crippen molar-refractivity contribution in [1.29, 1.82) is 0 Å². The molecule has 0 aromatic carbocycles. The third kappa shape index (κ3) is 3.16. The molecule has 0 aliphatic carbocycles. The van der Waals surface area contributed by atoms with Crippen molar-refractivity contribution in [1.82, 2.24) is 4.98 Å². The zero-order chi connectivity index (χ0) is 14.5. The monoisotopic (exact) mass is 280 g/mol. The highest BCUT2D eigenvalue weighted by Gasteiger charge is 2.28. The van der Waals surface area contributed by atoms with Crippen LogP contribution in [0.15, 0.2) is 12.1 Å². The number of nitrogens with one attached hydrogen (secondary N) is 1. The SMILES string of the molecule is CCNc1ccc([N+](=O)[O-])c(N2CCC(CCO)C2)n1. The van der Waals surface area contributed by atoms with Gasteiger partial charge >= 0.3 is 5.69 Å². The molecule has 7 heteroatoms. The number of aromatic nitrogens is 1. The molecule has 0 bridgehead atoms. The van der Waals surface area contributed by atoms with E-state index in [1.165, 1.54) is 6.07 Å². The van der Waals surface area contributed by atoms with Gasteiger partial charge in [-0.2, -0.15) is 0 Å². The molecule has 1 unspecified atom stereocenters. The van der Waals surface area contributed by atoms with Crippen LogP contribution in [-0.4, -0.2) is 41.3 Å². The first-order valence-electron chi connectivity index (χ1n) is 6.90. The Morgan fingerprint density at radius 3 is 3.05 bits per heavy atom. The lowest BCUT2D eigenvalue weighted by atomic mass is 10.1. The minimum atomic E-state index is -0.391. The third-order valence-corrected chi connectivity index (χ3v) is 3.53. The molecule has 0 amide bonds. The zero-order valence-electron chi connectivity index (χ0n) is 11.6. The Morgan fingerprint density at radius 2 is 2.40 bits per heavy atom. The van der Waals surface area contributed by atoms with E-state index in [0.717, 1.165) is 25.9 Å². The summed E-state index contributed by atoms with van der Waals surface area (Å²) in [6.07, 6.45) is 1.67. The van der Waals surface area contributed by atoms with E-state index in [9.17, 15) is 10.1 Å². The van der Waals surface area contributed by atoms with Crippen molar-refractivity contribution in [2.75, 3.05) is 36.5 Å². The Labute approximate surface area is 117 Å². The van der Waals surface area contributed by atoms with Gasteiger partial charge in [0, 0.05) is 32.3 Å². The Kier molecular flexibility index (Phi) is 4.73. The molecule has 1 aliphatic rings. The topological polar surface area (TPSA) is 91.5 Å². The van der Waals surface area contributed by atoms with E-state index in [2.05, 4.69) is 10.3 Å². The zero-order valence-corrected chi connectivity index (χ0v) is 11.6. The lowest BCUT2D eigenvalue weighted by Gasteiger charge is -2.18. The molecule has 1 aromatic rings. The molecule has 7 nitrogen and oxygen atoms in total. The summed E-state index contributed by atoms with van der Waals surface area (Å²) in [5, 5.41) is 23.2. The maximum Gasteiger partial charge on any atom is 0.311 e. The first-order chi connectivity index (χ1) is 9.65. The summed E-state index contributed by atoms with van der Waals surface area (Å²) >= 11 is 0. The summed E-state index contributed by atoms with van der Waals surface area (Å²) in [6, 6.07) is 3.13. The number of aliphatic hydroxyl groups excluding tert-OH is 1. The average Bonchev–Trinajstić information content (AvgIpc) is 2.88. The smallest absolute Gasteiger partial charge is 0.311 e. The van der Waals surface area contributed by atoms with Gasteiger partial charge in [-0.25, -0.2) is 4.98 Å². The molecule has 2 N–H and O–H groups in total. The number of nitrogens with zero attached hydrogens (tertiary/aromatic N) is 3. The summed E-state index contributed by atoms with van der Waals surface area (Å²) in [5.41, 5.74) is 0.0382. The molecule has 2 rings (SSSR count). The van der Waals surface area contributed by atoms with E-state index < -0.39 is 4.92 Å². The largest absolute Gasteiger partial charge is 0.396 e. The van der Waals surface area contributed by atoms with E-state index in [-0.39, 0.29) is 12.3 Å². The molecule has 2 heterocycles. The third-order valence-electron chi connectivity index (χ3n) is 3.53. The van der Waals surface area contributed by atoms with Crippen LogP contribution in [0.25, 0.3) is 0 Å². The highest BCUT2D eigenvalue weighted by Crippen LogP contribution is 2.32. The number of hydrogen-bond acceptors (Lipinski definition) is 6. The van der Waals surface area contributed by atoms with Crippen molar-refractivity contribution in [3.05, 3.63) is 22.2 Å². The summed E-state index contributed by atoms with van der Waals surface area (Å²) in [4.78, 5) is 17.1.